The minimum absolute atomic E-state index is 0.186. The van der Waals surface area contributed by atoms with Gasteiger partial charge in [0, 0.05) is 0 Å². The van der Waals surface area contributed by atoms with E-state index in [1.807, 2.05) is 0 Å². The Kier molecular flexibility index (Phi) is 3.95. The SMILES string of the molecule is C#CCN(CC(=O)O)Cc1noc(-c2ccco2)n1. The Bertz CT molecular complexity index is 582. The number of hydrogen-bond donors (Lipinski definition) is 1. The lowest BCUT2D eigenvalue weighted by atomic mass is 10.4. The fourth-order valence-corrected chi connectivity index (χ4v) is 1.51. The zero-order valence-corrected chi connectivity index (χ0v) is 9.94. The number of aromatic nitrogens is 2. The van der Waals surface area contributed by atoms with Gasteiger partial charge in [-0.2, -0.15) is 4.98 Å². The molecule has 0 aliphatic carbocycles. The van der Waals surface area contributed by atoms with Crippen LogP contribution in [0, 0.1) is 12.3 Å². The van der Waals surface area contributed by atoms with Crippen LogP contribution in [-0.4, -0.2) is 39.2 Å². The van der Waals surface area contributed by atoms with Gasteiger partial charge < -0.3 is 14.0 Å². The van der Waals surface area contributed by atoms with Gasteiger partial charge in [0.05, 0.1) is 25.9 Å². The molecule has 0 amide bonds. The van der Waals surface area contributed by atoms with Crippen LogP contribution in [0.25, 0.3) is 11.7 Å². The Morgan fingerprint density at radius 3 is 3.05 bits per heavy atom. The highest BCUT2D eigenvalue weighted by Crippen LogP contribution is 2.17. The lowest BCUT2D eigenvalue weighted by molar-refractivity contribution is -0.138. The first kappa shape index (κ1) is 12.9. The molecule has 0 spiro atoms. The second kappa shape index (κ2) is 5.84. The highest BCUT2D eigenvalue weighted by Gasteiger charge is 2.15. The van der Waals surface area contributed by atoms with Crippen LogP contribution in [-0.2, 0) is 11.3 Å². The molecule has 19 heavy (non-hydrogen) atoms. The average molecular weight is 261 g/mol. The van der Waals surface area contributed by atoms with E-state index in [4.69, 9.17) is 20.5 Å². The molecule has 98 valence electrons. The summed E-state index contributed by atoms with van der Waals surface area (Å²) in [6, 6.07) is 3.39. The van der Waals surface area contributed by atoms with Crippen molar-refractivity contribution in [1.29, 1.82) is 0 Å². The van der Waals surface area contributed by atoms with Gasteiger partial charge in [0.2, 0.25) is 0 Å². The van der Waals surface area contributed by atoms with Crippen molar-refractivity contribution >= 4 is 5.97 Å². The van der Waals surface area contributed by atoms with Crippen molar-refractivity contribution in [2.45, 2.75) is 6.54 Å². The largest absolute Gasteiger partial charge is 0.480 e. The van der Waals surface area contributed by atoms with Gasteiger partial charge in [-0.25, -0.2) is 0 Å². The van der Waals surface area contributed by atoms with Crippen LogP contribution in [0.3, 0.4) is 0 Å². The molecule has 0 atom stereocenters. The normalized spacial score (nSPS) is 10.5. The number of nitrogens with zero attached hydrogens (tertiary/aromatic N) is 3. The second-order valence-electron chi connectivity index (χ2n) is 3.74. The van der Waals surface area contributed by atoms with Crippen molar-refractivity contribution in [2.75, 3.05) is 13.1 Å². The maximum absolute atomic E-state index is 10.7. The van der Waals surface area contributed by atoms with Crippen molar-refractivity contribution in [1.82, 2.24) is 15.0 Å². The molecule has 2 heterocycles. The molecule has 0 fully saturated rings. The van der Waals surface area contributed by atoms with Gasteiger partial charge in [0.15, 0.2) is 11.6 Å². The molecule has 2 aromatic heterocycles. The zero-order chi connectivity index (χ0) is 13.7. The van der Waals surface area contributed by atoms with Gasteiger partial charge in [-0.05, 0) is 12.1 Å². The smallest absolute Gasteiger partial charge is 0.317 e. The molecule has 2 aromatic rings. The third kappa shape index (κ3) is 3.43. The minimum Gasteiger partial charge on any atom is -0.480 e. The van der Waals surface area contributed by atoms with Crippen molar-refractivity contribution in [3.05, 3.63) is 24.2 Å². The Balaban J connectivity index is 2.06. The van der Waals surface area contributed by atoms with Gasteiger partial charge >= 0.3 is 5.97 Å². The quantitative estimate of drug-likeness (QED) is 0.770. The van der Waals surface area contributed by atoms with Gasteiger partial charge in [0.1, 0.15) is 0 Å². The van der Waals surface area contributed by atoms with Gasteiger partial charge in [-0.15, -0.1) is 6.42 Å². The van der Waals surface area contributed by atoms with Gasteiger partial charge in [-0.1, -0.05) is 11.1 Å². The molecule has 0 unspecified atom stereocenters. The summed E-state index contributed by atoms with van der Waals surface area (Å²) in [5.41, 5.74) is 0. The first-order valence-electron chi connectivity index (χ1n) is 5.43. The maximum Gasteiger partial charge on any atom is 0.317 e. The Labute approximate surface area is 108 Å². The lowest BCUT2D eigenvalue weighted by Crippen LogP contribution is -2.30. The third-order valence-electron chi connectivity index (χ3n) is 2.24. The van der Waals surface area contributed by atoms with Crippen LogP contribution in [0.5, 0.6) is 0 Å². The zero-order valence-electron chi connectivity index (χ0n) is 9.94. The molecule has 0 aliphatic heterocycles. The minimum atomic E-state index is -0.968. The van der Waals surface area contributed by atoms with Crippen LogP contribution in [0.1, 0.15) is 5.82 Å². The highest BCUT2D eigenvalue weighted by atomic mass is 16.5. The van der Waals surface area contributed by atoms with Crippen LogP contribution in [0.4, 0.5) is 0 Å². The van der Waals surface area contributed by atoms with E-state index >= 15 is 0 Å². The van der Waals surface area contributed by atoms with Crippen LogP contribution in [0.2, 0.25) is 0 Å². The molecule has 0 saturated carbocycles. The first-order chi connectivity index (χ1) is 9.19. The Hall–Kier alpha value is -2.59. The summed E-state index contributed by atoms with van der Waals surface area (Å²) in [4.78, 5) is 16.3. The monoisotopic (exact) mass is 261 g/mol. The van der Waals surface area contributed by atoms with Crippen molar-refractivity contribution in [3.8, 4) is 24.0 Å². The summed E-state index contributed by atoms with van der Waals surface area (Å²) in [5.74, 6) is 2.47. The molecule has 0 radical (unpaired) electrons. The number of terminal acetylenes is 1. The summed E-state index contributed by atoms with van der Waals surface area (Å²) >= 11 is 0. The number of hydrogen-bond acceptors (Lipinski definition) is 6. The second-order valence-corrected chi connectivity index (χ2v) is 3.74. The molecule has 0 saturated heterocycles. The van der Waals surface area contributed by atoms with Crippen LogP contribution in [0.15, 0.2) is 27.3 Å². The highest BCUT2D eigenvalue weighted by molar-refractivity contribution is 5.69. The number of carbonyl (C=O) groups is 1. The van der Waals surface area contributed by atoms with Crippen LogP contribution < -0.4 is 0 Å². The van der Waals surface area contributed by atoms with Crippen molar-refractivity contribution in [2.24, 2.45) is 0 Å². The van der Waals surface area contributed by atoms with E-state index in [2.05, 4.69) is 16.1 Å². The molecule has 2 rings (SSSR count). The van der Waals surface area contributed by atoms with Gasteiger partial charge in [0.25, 0.3) is 5.89 Å². The maximum atomic E-state index is 10.7. The third-order valence-corrected chi connectivity index (χ3v) is 2.24. The predicted octanol–water partition coefficient (Wildman–Crippen LogP) is 0.849. The molecule has 1 N–H and O–H groups in total. The Morgan fingerprint density at radius 1 is 1.58 bits per heavy atom. The Morgan fingerprint density at radius 2 is 2.42 bits per heavy atom. The average Bonchev–Trinajstić information content (AvgIpc) is 2.97. The number of furan rings is 1. The fourth-order valence-electron chi connectivity index (χ4n) is 1.51. The number of rotatable bonds is 6. The summed E-state index contributed by atoms with van der Waals surface area (Å²) < 4.78 is 10.1. The molecule has 7 nitrogen and oxygen atoms in total. The topological polar surface area (TPSA) is 92.6 Å². The summed E-state index contributed by atoms with van der Waals surface area (Å²) in [5, 5.41) is 12.5. The molecule has 0 aromatic carbocycles. The molecule has 0 aliphatic rings. The van der Waals surface area contributed by atoms with Crippen molar-refractivity contribution < 1.29 is 18.8 Å². The van der Waals surface area contributed by atoms with E-state index in [0.717, 1.165) is 0 Å². The van der Waals surface area contributed by atoms with Crippen molar-refractivity contribution in [3.63, 3.8) is 0 Å². The number of carboxylic acid groups (broad SMARTS) is 1. The van der Waals surface area contributed by atoms with E-state index in [-0.39, 0.29) is 25.5 Å². The fraction of sp³-hybridized carbons (Fsp3) is 0.250. The molecular formula is C12H11N3O4. The van der Waals surface area contributed by atoms with E-state index in [1.54, 1.807) is 12.1 Å². The summed E-state index contributed by atoms with van der Waals surface area (Å²) in [6.45, 7) is 0.201. The summed E-state index contributed by atoms with van der Waals surface area (Å²) in [7, 11) is 0. The predicted molar refractivity (Wildman–Crippen MR) is 63.7 cm³/mol. The standard InChI is InChI=1S/C12H11N3O4/c1-2-5-15(8-11(16)17)7-10-13-12(19-14-10)9-4-3-6-18-9/h1,3-4,6H,5,7-8H2,(H,16,17). The lowest BCUT2D eigenvalue weighted by Gasteiger charge is -2.14. The number of carboxylic acids is 1. The summed E-state index contributed by atoms with van der Waals surface area (Å²) in [6.07, 6.45) is 6.67. The van der Waals surface area contributed by atoms with E-state index in [1.165, 1.54) is 11.2 Å². The number of aliphatic carboxylic acids is 1. The van der Waals surface area contributed by atoms with E-state index in [0.29, 0.717) is 11.6 Å². The van der Waals surface area contributed by atoms with E-state index < -0.39 is 5.97 Å². The molecular weight excluding hydrogens is 250 g/mol. The van der Waals surface area contributed by atoms with Gasteiger partial charge in [-0.3, -0.25) is 9.69 Å². The van der Waals surface area contributed by atoms with Crippen LogP contribution >= 0.6 is 0 Å². The van der Waals surface area contributed by atoms with E-state index in [9.17, 15) is 4.79 Å². The first-order valence-corrected chi connectivity index (χ1v) is 5.43. The molecule has 0 bridgehead atoms. The molecule has 7 heteroatoms.